The highest BCUT2D eigenvalue weighted by Gasteiger charge is 2.54. The summed E-state index contributed by atoms with van der Waals surface area (Å²) < 4.78 is 27.6. The number of piperidine rings is 3. The Hall–Kier alpha value is -1.49. The predicted molar refractivity (Wildman–Crippen MR) is 90.0 cm³/mol. The maximum absolute atomic E-state index is 13.8. The molecule has 5 aliphatic rings. The molecule has 2 bridgehead atoms. The number of hydrogen-bond donors (Lipinski definition) is 0. The van der Waals surface area contributed by atoms with E-state index in [0.717, 1.165) is 32.0 Å². The Morgan fingerprint density at radius 3 is 2.32 bits per heavy atom. The molecule has 1 aromatic rings. The largest absolute Gasteiger partial charge is 0.337 e. The Morgan fingerprint density at radius 2 is 1.68 bits per heavy atom. The van der Waals surface area contributed by atoms with Gasteiger partial charge in [-0.2, -0.15) is 0 Å². The number of likely N-dealkylation sites (tertiary alicyclic amines) is 1. The van der Waals surface area contributed by atoms with Gasteiger partial charge >= 0.3 is 0 Å². The van der Waals surface area contributed by atoms with Gasteiger partial charge in [-0.05, 0) is 68.3 Å². The van der Waals surface area contributed by atoms with Crippen LogP contribution in [0.15, 0.2) is 18.2 Å². The molecule has 1 amide bonds. The molecule has 5 fully saturated rings. The van der Waals surface area contributed by atoms with Crippen LogP contribution < -0.4 is 0 Å². The van der Waals surface area contributed by atoms with Crippen molar-refractivity contribution in [2.45, 2.75) is 50.1 Å². The lowest BCUT2D eigenvalue weighted by atomic mass is 9.75. The third-order valence-corrected chi connectivity index (χ3v) is 6.79. The first-order valence-electron chi connectivity index (χ1n) is 9.59. The average molecular weight is 346 g/mol. The summed E-state index contributed by atoms with van der Waals surface area (Å²) in [7, 11) is 0. The van der Waals surface area contributed by atoms with E-state index in [1.807, 2.05) is 0 Å². The van der Waals surface area contributed by atoms with Crippen LogP contribution in [0.3, 0.4) is 0 Å². The van der Waals surface area contributed by atoms with Gasteiger partial charge in [0.25, 0.3) is 0 Å². The second-order valence-electron chi connectivity index (χ2n) is 8.36. The molecule has 0 spiro atoms. The number of carbonyl (C=O) groups excluding carboxylic acids is 1. The van der Waals surface area contributed by atoms with Gasteiger partial charge in [-0.3, -0.25) is 9.69 Å². The zero-order valence-electron chi connectivity index (χ0n) is 14.3. The van der Waals surface area contributed by atoms with Crippen LogP contribution in [0.2, 0.25) is 0 Å². The summed E-state index contributed by atoms with van der Waals surface area (Å²) in [6, 6.07) is 4.30. The van der Waals surface area contributed by atoms with Crippen LogP contribution >= 0.6 is 0 Å². The van der Waals surface area contributed by atoms with E-state index in [1.54, 1.807) is 0 Å². The fourth-order valence-corrected chi connectivity index (χ4v) is 5.47. The fraction of sp³-hybridized carbons (Fsp3) is 0.650. The molecule has 5 heteroatoms. The van der Waals surface area contributed by atoms with Crippen molar-refractivity contribution in [3.63, 3.8) is 0 Å². The third-order valence-electron chi connectivity index (χ3n) is 6.79. The van der Waals surface area contributed by atoms with Gasteiger partial charge < -0.3 is 4.90 Å². The summed E-state index contributed by atoms with van der Waals surface area (Å²) in [5.41, 5.74) is 0.710. The Balaban J connectivity index is 1.49. The fourth-order valence-electron chi connectivity index (χ4n) is 5.47. The molecule has 0 N–H and O–H groups in total. The summed E-state index contributed by atoms with van der Waals surface area (Å²) in [5, 5.41) is 0. The van der Waals surface area contributed by atoms with Gasteiger partial charge in [-0.15, -0.1) is 0 Å². The van der Waals surface area contributed by atoms with Gasteiger partial charge in [0, 0.05) is 31.0 Å². The summed E-state index contributed by atoms with van der Waals surface area (Å²) in [6.45, 7) is 2.70. The smallest absolute Gasteiger partial charge is 0.223 e. The maximum Gasteiger partial charge on any atom is 0.223 e. The molecule has 4 aliphatic heterocycles. The number of halogens is 2. The lowest BCUT2D eigenvalue weighted by molar-refractivity contribution is -0.136. The van der Waals surface area contributed by atoms with Gasteiger partial charge in [0.2, 0.25) is 5.91 Å². The van der Waals surface area contributed by atoms with E-state index < -0.39 is 11.6 Å². The van der Waals surface area contributed by atoms with E-state index >= 15 is 0 Å². The van der Waals surface area contributed by atoms with E-state index in [0.29, 0.717) is 30.4 Å². The highest BCUT2D eigenvalue weighted by atomic mass is 19.1. The van der Waals surface area contributed by atoms with Crippen molar-refractivity contribution in [3.05, 3.63) is 35.4 Å². The van der Waals surface area contributed by atoms with Gasteiger partial charge in [0.1, 0.15) is 11.6 Å². The molecule has 1 aliphatic carbocycles. The van der Waals surface area contributed by atoms with Crippen molar-refractivity contribution < 1.29 is 13.6 Å². The van der Waals surface area contributed by atoms with Crippen molar-refractivity contribution in [1.29, 1.82) is 0 Å². The molecule has 4 heterocycles. The monoisotopic (exact) mass is 346 g/mol. The number of nitrogens with zero attached hydrogens (tertiary/aromatic N) is 2. The first-order valence-corrected chi connectivity index (χ1v) is 9.59. The molecule has 6 rings (SSSR count). The zero-order valence-corrected chi connectivity index (χ0v) is 14.3. The average Bonchev–Trinajstić information content (AvgIpc) is 3.30. The van der Waals surface area contributed by atoms with E-state index in [2.05, 4.69) is 9.80 Å². The SMILES string of the molecule is O=C(CC1CC1)N1C[C@@H](c2cc(F)cc(F)c2)[C@@H]2[C@H]1C1CCN2CC1. The second kappa shape index (κ2) is 5.76. The van der Waals surface area contributed by atoms with Crippen LogP contribution in [0.5, 0.6) is 0 Å². The van der Waals surface area contributed by atoms with Crippen LogP contribution in [0, 0.1) is 23.5 Å². The van der Waals surface area contributed by atoms with Gasteiger partial charge in [0.05, 0.1) is 6.04 Å². The Labute approximate surface area is 147 Å². The number of benzene rings is 1. The number of amides is 1. The summed E-state index contributed by atoms with van der Waals surface area (Å²) >= 11 is 0. The van der Waals surface area contributed by atoms with Crippen molar-refractivity contribution in [1.82, 2.24) is 9.80 Å². The van der Waals surface area contributed by atoms with Crippen LogP contribution in [-0.4, -0.2) is 47.4 Å². The number of fused-ring (bicyclic) bond motifs is 2. The highest BCUT2D eigenvalue weighted by molar-refractivity contribution is 5.78. The van der Waals surface area contributed by atoms with Gasteiger partial charge in [-0.1, -0.05) is 0 Å². The molecule has 0 unspecified atom stereocenters. The standard InChI is InChI=1S/C20H24F2N2O/c21-15-8-14(9-16(22)10-15)17-11-24(18(25)7-12-1-2-12)19-13-3-5-23(6-4-13)20(17)19/h8-10,12-13,17,19-20H,1-7,11H2/t17-,19+,20+/m0/s1. The molecule has 0 radical (unpaired) electrons. The van der Waals surface area contributed by atoms with Crippen LogP contribution in [0.1, 0.15) is 43.6 Å². The molecule has 1 aromatic carbocycles. The van der Waals surface area contributed by atoms with E-state index in [4.69, 9.17) is 0 Å². The summed E-state index contributed by atoms with van der Waals surface area (Å²) in [4.78, 5) is 17.4. The molecule has 0 aromatic heterocycles. The molecule has 134 valence electrons. The summed E-state index contributed by atoms with van der Waals surface area (Å²) in [5.74, 6) is 0.335. The Bertz CT molecular complexity index is 677. The normalized spacial score (nSPS) is 36.6. The predicted octanol–water partition coefficient (Wildman–Crippen LogP) is 3.15. The minimum absolute atomic E-state index is 0.0152. The molecular weight excluding hydrogens is 322 g/mol. The van der Waals surface area contributed by atoms with E-state index in [1.165, 1.54) is 25.0 Å². The molecule has 1 saturated carbocycles. The van der Waals surface area contributed by atoms with Crippen molar-refractivity contribution in [2.75, 3.05) is 19.6 Å². The molecule has 4 saturated heterocycles. The summed E-state index contributed by atoms with van der Waals surface area (Å²) in [6.07, 6.45) is 5.26. The van der Waals surface area contributed by atoms with Crippen molar-refractivity contribution >= 4 is 5.91 Å². The topological polar surface area (TPSA) is 23.6 Å². The van der Waals surface area contributed by atoms with Crippen molar-refractivity contribution in [2.24, 2.45) is 11.8 Å². The third kappa shape index (κ3) is 2.67. The highest BCUT2D eigenvalue weighted by Crippen LogP contribution is 2.47. The first-order chi connectivity index (χ1) is 12.1. The number of carbonyl (C=O) groups is 1. The first kappa shape index (κ1) is 15.7. The Morgan fingerprint density at radius 1 is 1.00 bits per heavy atom. The number of rotatable bonds is 3. The van der Waals surface area contributed by atoms with Gasteiger partial charge in [-0.25, -0.2) is 8.78 Å². The number of hydrogen-bond acceptors (Lipinski definition) is 2. The lowest BCUT2D eigenvalue weighted by Gasteiger charge is -2.51. The van der Waals surface area contributed by atoms with Crippen molar-refractivity contribution in [3.8, 4) is 0 Å². The van der Waals surface area contributed by atoms with E-state index in [9.17, 15) is 13.6 Å². The van der Waals surface area contributed by atoms with Crippen LogP contribution in [0.25, 0.3) is 0 Å². The quantitative estimate of drug-likeness (QED) is 0.839. The van der Waals surface area contributed by atoms with Crippen LogP contribution in [-0.2, 0) is 4.79 Å². The maximum atomic E-state index is 13.8. The molecule has 3 atom stereocenters. The minimum atomic E-state index is -0.523. The minimum Gasteiger partial charge on any atom is -0.337 e. The van der Waals surface area contributed by atoms with Gasteiger partial charge in [0.15, 0.2) is 0 Å². The zero-order chi connectivity index (χ0) is 17.1. The van der Waals surface area contributed by atoms with Crippen LogP contribution in [0.4, 0.5) is 8.78 Å². The lowest BCUT2D eigenvalue weighted by Crippen LogP contribution is -2.60. The molecule has 25 heavy (non-hydrogen) atoms. The molecular formula is C20H24F2N2O. The van der Waals surface area contributed by atoms with E-state index in [-0.39, 0.29) is 23.9 Å². The Kier molecular flexibility index (Phi) is 3.63. The second-order valence-corrected chi connectivity index (χ2v) is 8.36. The molecule has 3 nitrogen and oxygen atoms in total.